The molecule has 0 aliphatic rings. The Balaban J connectivity index is 2.19. The van der Waals surface area contributed by atoms with Crippen molar-refractivity contribution in [2.45, 2.75) is 25.8 Å². The molecule has 0 aliphatic carbocycles. The van der Waals surface area contributed by atoms with Crippen molar-refractivity contribution >= 4 is 17.7 Å². The van der Waals surface area contributed by atoms with Crippen molar-refractivity contribution in [3.8, 4) is 11.5 Å². The molecule has 1 amide bonds. The molecule has 0 aliphatic heterocycles. The van der Waals surface area contributed by atoms with E-state index >= 15 is 0 Å². The Kier molecular flexibility index (Phi) is 5.31. The minimum atomic E-state index is -1.01. The topological polar surface area (TPSA) is 103 Å². The smallest absolute Gasteiger partial charge is 0.325 e. The van der Waals surface area contributed by atoms with E-state index < -0.39 is 11.4 Å². The van der Waals surface area contributed by atoms with Crippen LogP contribution in [0.3, 0.4) is 0 Å². The molecule has 0 bridgehead atoms. The number of carbonyl (C=O) groups is 2. The fraction of sp³-hybridized carbons (Fsp3) is 0.353. The first-order chi connectivity index (χ1) is 11.8. The van der Waals surface area contributed by atoms with E-state index in [-0.39, 0.29) is 12.5 Å². The lowest BCUT2D eigenvalue weighted by Gasteiger charge is -2.24. The average Bonchev–Trinajstić information content (AvgIpc) is 3.00. The SMILES string of the molecule is COc1ccc(C(C)(C)C(=O)Nc2ccn(CC(=O)O)n2)cc1OC. The van der Waals surface area contributed by atoms with E-state index in [1.807, 2.05) is 0 Å². The van der Waals surface area contributed by atoms with Crippen molar-refractivity contribution < 1.29 is 24.2 Å². The monoisotopic (exact) mass is 347 g/mol. The lowest BCUT2D eigenvalue weighted by molar-refractivity contribution is -0.137. The third-order valence-corrected chi connectivity index (χ3v) is 3.85. The summed E-state index contributed by atoms with van der Waals surface area (Å²) in [5.74, 6) is 0.119. The molecule has 25 heavy (non-hydrogen) atoms. The van der Waals surface area contributed by atoms with Gasteiger partial charge in [0.25, 0.3) is 0 Å². The number of carboxylic acids is 1. The van der Waals surface area contributed by atoms with Gasteiger partial charge in [0.2, 0.25) is 5.91 Å². The van der Waals surface area contributed by atoms with E-state index in [9.17, 15) is 9.59 Å². The van der Waals surface area contributed by atoms with Crippen molar-refractivity contribution in [3.05, 3.63) is 36.0 Å². The molecule has 2 rings (SSSR count). The number of ether oxygens (including phenoxy) is 2. The highest BCUT2D eigenvalue weighted by Crippen LogP contribution is 2.33. The second-order valence-corrected chi connectivity index (χ2v) is 5.94. The Labute approximate surface area is 145 Å². The largest absolute Gasteiger partial charge is 0.493 e. The van der Waals surface area contributed by atoms with Gasteiger partial charge in [-0.2, -0.15) is 5.10 Å². The number of benzene rings is 1. The minimum Gasteiger partial charge on any atom is -0.493 e. The maximum atomic E-state index is 12.7. The van der Waals surface area contributed by atoms with Crippen LogP contribution in [0.1, 0.15) is 19.4 Å². The van der Waals surface area contributed by atoms with Gasteiger partial charge in [0.05, 0.1) is 19.6 Å². The van der Waals surface area contributed by atoms with Crippen molar-refractivity contribution in [2.24, 2.45) is 0 Å². The molecule has 134 valence electrons. The van der Waals surface area contributed by atoms with Crippen LogP contribution in [-0.2, 0) is 21.5 Å². The summed E-state index contributed by atoms with van der Waals surface area (Å²) < 4.78 is 11.7. The third kappa shape index (κ3) is 4.09. The third-order valence-electron chi connectivity index (χ3n) is 3.85. The van der Waals surface area contributed by atoms with Crippen molar-refractivity contribution in [2.75, 3.05) is 19.5 Å². The average molecular weight is 347 g/mol. The lowest BCUT2D eigenvalue weighted by Crippen LogP contribution is -2.35. The van der Waals surface area contributed by atoms with Gasteiger partial charge >= 0.3 is 5.97 Å². The summed E-state index contributed by atoms with van der Waals surface area (Å²) in [7, 11) is 3.08. The van der Waals surface area contributed by atoms with Gasteiger partial charge in [-0.1, -0.05) is 6.07 Å². The molecule has 8 nitrogen and oxygen atoms in total. The molecule has 0 atom stereocenters. The van der Waals surface area contributed by atoms with Crippen LogP contribution in [0.5, 0.6) is 11.5 Å². The zero-order chi connectivity index (χ0) is 18.6. The van der Waals surface area contributed by atoms with Gasteiger partial charge < -0.3 is 19.9 Å². The first-order valence-electron chi connectivity index (χ1n) is 7.57. The molecule has 0 spiro atoms. The molecule has 8 heteroatoms. The van der Waals surface area contributed by atoms with Crippen LogP contribution < -0.4 is 14.8 Å². The molecular weight excluding hydrogens is 326 g/mol. The minimum absolute atomic E-state index is 0.269. The number of rotatable bonds is 7. The molecule has 0 saturated carbocycles. The van der Waals surface area contributed by atoms with Gasteiger partial charge in [0, 0.05) is 12.3 Å². The van der Waals surface area contributed by atoms with Crippen LogP contribution in [0, 0.1) is 0 Å². The van der Waals surface area contributed by atoms with Crippen molar-refractivity contribution in [1.29, 1.82) is 0 Å². The normalized spacial score (nSPS) is 11.0. The summed E-state index contributed by atoms with van der Waals surface area (Å²) in [4.78, 5) is 23.4. The first-order valence-corrected chi connectivity index (χ1v) is 7.57. The molecule has 0 saturated heterocycles. The van der Waals surface area contributed by atoms with Gasteiger partial charge in [-0.15, -0.1) is 0 Å². The van der Waals surface area contributed by atoms with E-state index in [0.29, 0.717) is 17.3 Å². The molecule has 1 heterocycles. The number of carboxylic acid groups (broad SMARTS) is 1. The highest BCUT2D eigenvalue weighted by molar-refractivity contribution is 5.98. The van der Waals surface area contributed by atoms with Crippen LogP contribution in [0.2, 0.25) is 0 Å². The lowest BCUT2D eigenvalue weighted by atomic mass is 9.83. The number of aromatic nitrogens is 2. The predicted octanol–water partition coefficient (Wildman–Crippen LogP) is 1.90. The number of nitrogens with one attached hydrogen (secondary N) is 1. The number of anilines is 1. The Bertz CT molecular complexity index is 782. The highest BCUT2D eigenvalue weighted by Gasteiger charge is 2.31. The second-order valence-electron chi connectivity index (χ2n) is 5.94. The van der Waals surface area contributed by atoms with Crippen LogP contribution in [0.15, 0.2) is 30.5 Å². The van der Waals surface area contributed by atoms with Gasteiger partial charge in [-0.25, -0.2) is 0 Å². The summed E-state index contributed by atoms with van der Waals surface area (Å²) in [6.45, 7) is 3.28. The number of amides is 1. The number of methoxy groups -OCH3 is 2. The number of hydrogen-bond donors (Lipinski definition) is 2. The van der Waals surface area contributed by atoms with E-state index in [0.717, 1.165) is 5.56 Å². The number of carbonyl (C=O) groups excluding carboxylic acids is 1. The van der Waals surface area contributed by atoms with E-state index in [4.69, 9.17) is 14.6 Å². The van der Waals surface area contributed by atoms with E-state index in [2.05, 4.69) is 10.4 Å². The summed E-state index contributed by atoms with van der Waals surface area (Å²) in [5, 5.41) is 15.5. The molecule has 2 N–H and O–H groups in total. The van der Waals surface area contributed by atoms with Crippen LogP contribution in [-0.4, -0.2) is 41.0 Å². The van der Waals surface area contributed by atoms with Crippen molar-refractivity contribution in [1.82, 2.24) is 9.78 Å². The fourth-order valence-electron chi connectivity index (χ4n) is 2.28. The van der Waals surface area contributed by atoms with Gasteiger partial charge in [0.1, 0.15) is 6.54 Å². The molecule has 0 fully saturated rings. The summed E-state index contributed by atoms with van der Waals surface area (Å²) in [5.41, 5.74) is -0.122. The van der Waals surface area contributed by atoms with E-state index in [1.54, 1.807) is 45.2 Å². The number of hydrogen-bond acceptors (Lipinski definition) is 5. The molecular formula is C17H21N3O5. The molecule has 0 radical (unpaired) electrons. The van der Waals surface area contributed by atoms with Crippen molar-refractivity contribution in [3.63, 3.8) is 0 Å². The van der Waals surface area contributed by atoms with Crippen LogP contribution >= 0.6 is 0 Å². The zero-order valence-corrected chi connectivity index (χ0v) is 14.6. The fourth-order valence-corrected chi connectivity index (χ4v) is 2.28. The van der Waals surface area contributed by atoms with Crippen LogP contribution in [0.25, 0.3) is 0 Å². The molecule has 1 aromatic carbocycles. The molecule has 0 unspecified atom stereocenters. The van der Waals surface area contributed by atoms with Gasteiger partial charge in [0.15, 0.2) is 17.3 Å². The summed E-state index contributed by atoms with van der Waals surface area (Å²) in [6, 6.07) is 6.84. The van der Waals surface area contributed by atoms with Crippen LogP contribution in [0.4, 0.5) is 5.82 Å². The Hall–Kier alpha value is -3.03. The quantitative estimate of drug-likeness (QED) is 0.793. The summed E-state index contributed by atoms with van der Waals surface area (Å²) >= 11 is 0. The molecule has 1 aromatic heterocycles. The maximum absolute atomic E-state index is 12.7. The van der Waals surface area contributed by atoms with E-state index in [1.165, 1.54) is 18.0 Å². The standard InChI is InChI=1S/C17H21N3O5/c1-17(2,11-5-6-12(24-3)13(9-11)25-4)16(23)18-14-7-8-20(19-14)10-15(21)22/h5-9H,10H2,1-4H3,(H,21,22)(H,18,19,23). The Morgan fingerprint density at radius 3 is 2.48 bits per heavy atom. The Morgan fingerprint density at radius 2 is 1.88 bits per heavy atom. The first kappa shape index (κ1) is 18.3. The maximum Gasteiger partial charge on any atom is 0.325 e. The molecule has 2 aromatic rings. The predicted molar refractivity (Wildman–Crippen MR) is 91.1 cm³/mol. The second kappa shape index (κ2) is 7.25. The number of nitrogens with zero attached hydrogens (tertiary/aromatic N) is 2. The van der Waals surface area contributed by atoms with Gasteiger partial charge in [-0.05, 0) is 31.5 Å². The number of aliphatic carboxylic acids is 1. The highest BCUT2D eigenvalue weighted by atomic mass is 16.5. The van der Waals surface area contributed by atoms with Gasteiger partial charge in [-0.3, -0.25) is 14.3 Å². The Morgan fingerprint density at radius 1 is 1.20 bits per heavy atom. The summed E-state index contributed by atoms with van der Waals surface area (Å²) in [6.07, 6.45) is 1.49. The zero-order valence-electron chi connectivity index (χ0n) is 14.6.